The Morgan fingerprint density at radius 1 is 1.25 bits per heavy atom. The van der Waals surface area contributed by atoms with Gasteiger partial charge in [-0.1, -0.05) is 25.4 Å². The first-order chi connectivity index (χ1) is 12.9. The number of halogens is 1. The van der Waals surface area contributed by atoms with Gasteiger partial charge in [0.25, 0.3) is 0 Å². The number of nitrogens with zero attached hydrogens (tertiary/aromatic N) is 2. The number of benzene rings is 1. The van der Waals surface area contributed by atoms with Crippen LogP contribution in [0, 0.1) is 11.8 Å². The van der Waals surface area contributed by atoms with E-state index in [0.29, 0.717) is 5.02 Å². The molecule has 1 aliphatic rings. The van der Waals surface area contributed by atoms with Crippen molar-refractivity contribution >= 4 is 38.9 Å². The molecule has 0 spiro atoms. The molecule has 28 heavy (non-hydrogen) atoms. The SMILES string of the molecule is CC(C)CN(c1cc(Cl)ccc1C(=O)/C(=C/N(C)C)C(=O)C1CC1)S(C)(=O)=O. The number of hydrogen-bond acceptors (Lipinski definition) is 5. The molecule has 0 bridgehead atoms. The molecule has 0 amide bonds. The van der Waals surface area contributed by atoms with Crippen LogP contribution in [0.25, 0.3) is 0 Å². The van der Waals surface area contributed by atoms with Gasteiger partial charge in [-0.05, 0) is 37.0 Å². The first-order valence-corrected chi connectivity index (χ1v) is 11.4. The molecule has 2 rings (SSSR count). The average Bonchev–Trinajstić information content (AvgIpc) is 3.40. The summed E-state index contributed by atoms with van der Waals surface area (Å²) in [7, 11) is -0.183. The number of carbonyl (C=O) groups is 2. The Morgan fingerprint density at radius 2 is 1.86 bits per heavy atom. The third-order valence-electron chi connectivity index (χ3n) is 4.25. The minimum atomic E-state index is -3.65. The van der Waals surface area contributed by atoms with E-state index >= 15 is 0 Å². The van der Waals surface area contributed by atoms with Gasteiger partial charge < -0.3 is 4.90 Å². The first-order valence-electron chi connectivity index (χ1n) is 9.16. The Hall–Kier alpha value is -1.86. The van der Waals surface area contributed by atoms with Crippen LogP contribution in [0.3, 0.4) is 0 Å². The standard InChI is InChI=1S/C20H27ClN2O4S/c1-13(2)11-23(28(5,26)27)18-10-15(21)8-9-16(18)20(25)17(12-22(3)4)19(24)14-6-7-14/h8-10,12-14H,6-7,11H2,1-5H3/b17-12+. The van der Waals surface area contributed by atoms with Crippen LogP contribution in [-0.4, -0.2) is 51.8 Å². The Balaban J connectivity index is 2.61. The highest BCUT2D eigenvalue weighted by Crippen LogP contribution is 2.35. The number of hydrogen-bond donors (Lipinski definition) is 0. The zero-order chi connectivity index (χ0) is 21.2. The van der Waals surface area contributed by atoms with Crippen molar-refractivity contribution in [1.29, 1.82) is 0 Å². The number of carbonyl (C=O) groups excluding carboxylic acids is 2. The number of allylic oxidation sites excluding steroid dienone is 1. The fourth-order valence-corrected chi connectivity index (χ4v) is 4.09. The maximum atomic E-state index is 13.3. The molecule has 1 aliphatic carbocycles. The monoisotopic (exact) mass is 426 g/mol. The second kappa shape index (κ2) is 8.66. The van der Waals surface area contributed by atoms with Gasteiger partial charge in [-0.15, -0.1) is 0 Å². The van der Waals surface area contributed by atoms with E-state index in [1.54, 1.807) is 19.0 Å². The second-order valence-corrected chi connectivity index (χ2v) is 10.2. The third kappa shape index (κ3) is 5.58. The summed E-state index contributed by atoms with van der Waals surface area (Å²) in [6.45, 7) is 3.97. The molecule has 0 unspecified atom stereocenters. The molecule has 0 saturated heterocycles. The number of Topliss-reactive ketones (excluding diaryl/α,β-unsaturated/α-hetero) is 2. The summed E-state index contributed by atoms with van der Waals surface area (Å²) < 4.78 is 26.1. The van der Waals surface area contributed by atoms with Crippen LogP contribution in [0.4, 0.5) is 5.69 Å². The van der Waals surface area contributed by atoms with Crippen molar-refractivity contribution in [1.82, 2.24) is 4.90 Å². The van der Waals surface area contributed by atoms with Gasteiger partial charge in [0, 0.05) is 43.3 Å². The lowest BCUT2D eigenvalue weighted by molar-refractivity contribution is -0.116. The first kappa shape index (κ1) is 22.4. The van der Waals surface area contributed by atoms with Crippen LogP contribution in [0.15, 0.2) is 30.0 Å². The van der Waals surface area contributed by atoms with Crippen molar-refractivity contribution in [2.45, 2.75) is 26.7 Å². The van der Waals surface area contributed by atoms with Crippen LogP contribution in [-0.2, 0) is 14.8 Å². The van der Waals surface area contributed by atoms with Crippen molar-refractivity contribution < 1.29 is 18.0 Å². The van der Waals surface area contributed by atoms with Gasteiger partial charge in [-0.3, -0.25) is 13.9 Å². The summed E-state index contributed by atoms with van der Waals surface area (Å²) in [5.74, 6) is -0.793. The van der Waals surface area contributed by atoms with Gasteiger partial charge >= 0.3 is 0 Å². The van der Waals surface area contributed by atoms with Gasteiger partial charge in [0.2, 0.25) is 10.0 Å². The highest BCUT2D eigenvalue weighted by molar-refractivity contribution is 7.92. The van der Waals surface area contributed by atoms with Crippen molar-refractivity contribution in [3.8, 4) is 0 Å². The highest BCUT2D eigenvalue weighted by Gasteiger charge is 2.36. The van der Waals surface area contributed by atoms with E-state index in [1.807, 2.05) is 13.8 Å². The summed E-state index contributed by atoms with van der Waals surface area (Å²) in [5.41, 5.74) is 0.411. The lowest BCUT2D eigenvalue weighted by Gasteiger charge is -2.26. The molecular formula is C20H27ClN2O4S. The number of anilines is 1. The predicted molar refractivity (Wildman–Crippen MR) is 112 cm³/mol. The van der Waals surface area contributed by atoms with Gasteiger partial charge in [-0.2, -0.15) is 0 Å². The molecule has 1 aromatic rings. The summed E-state index contributed by atoms with van der Waals surface area (Å²) in [6.07, 6.45) is 4.14. The molecule has 1 fully saturated rings. The zero-order valence-corrected chi connectivity index (χ0v) is 18.5. The Labute approximate surface area is 172 Å². The fraction of sp³-hybridized carbons (Fsp3) is 0.500. The van der Waals surface area contributed by atoms with E-state index < -0.39 is 15.8 Å². The number of sulfonamides is 1. The molecule has 1 aromatic carbocycles. The molecule has 0 radical (unpaired) electrons. The summed E-state index contributed by atoms with van der Waals surface area (Å²) >= 11 is 6.12. The third-order valence-corrected chi connectivity index (χ3v) is 5.63. The van der Waals surface area contributed by atoms with Gasteiger partial charge in [0.1, 0.15) is 0 Å². The van der Waals surface area contributed by atoms with E-state index in [4.69, 9.17) is 11.6 Å². The van der Waals surface area contributed by atoms with Crippen molar-refractivity contribution in [2.75, 3.05) is 31.2 Å². The van der Waals surface area contributed by atoms with E-state index in [-0.39, 0.29) is 41.0 Å². The van der Waals surface area contributed by atoms with Crippen molar-refractivity contribution in [3.63, 3.8) is 0 Å². The highest BCUT2D eigenvalue weighted by atomic mass is 35.5. The van der Waals surface area contributed by atoms with E-state index in [9.17, 15) is 18.0 Å². The molecule has 8 heteroatoms. The number of rotatable bonds is 9. The molecular weight excluding hydrogens is 400 g/mol. The molecule has 0 aromatic heterocycles. The molecule has 0 N–H and O–H groups in total. The minimum Gasteiger partial charge on any atom is -0.383 e. The zero-order valence-electron chi connectivity index (χ0n) is 16.9. The lowest BCUT2D eigenvalue weighted by Crippen LogP contribution is -2.34. The van der Waals surface area contributed by atoms with Crippen LogP contribution in [0.5, 0.6) is 0 Å². The number of ketones is 2. The van der Waals surface area contributed by atoms with Crippen molar-refractivity contribution in [2.24, 2.45) is 11.8 Å². The molecule has 0 heterocycles. The molecule has 1 saturated carbocycles. The topological polar surface area (TPSA) is 74.8 Å². The predicted octanol–water partition coefficient (Wildman–Crippen LogP) is 3.37. The maximum absolute atomic E-state index is 13.3. The van der Waals surface area contributed by atoms with Crippen LogP contribution >= 0.6 is 11.6 Å². The van der Waals surface area contributed by atoms with Crippen molar-refractivity contribution in [3.05, 3.63) is 40.6 Å². The summed E-state index contributed by atoms with van der Waals surface area (Å²) in [4.78, 5) is 27.7. The Bertz CT molecular complexity index is 903. The smallest absolute Gasteiger partial charge is 0.232 e. The summed E-state index contributed by atoms with van der Waals surface area (Å²) in [5, 5.41) is 0.315. The van der Waals surface area contributed by atoms with Crippen LogP contribution in [0.2, 0.25) is 5.02 Å². The normalized spacial score (nSPS) is 14.9. The molecule has 154 valence electrons. The van der Waals surface area contributed by atoms with E-state index in [2.05, 4.69) is 0 Å². The second-order valence-electron chi connectivity index (χ2n) is 7.82. The summed E-state index contributed by atoms with van der Waals surface area (Å²) in [6, 6.07) is 4.48. The minimum absolute atomic E-state index is 0.0292. The van der Waals surface area contributed by atoms with Gasteiger partial charge in [-0.25, -0.2) is 8.42 Å². The lowest BCUT2D eigenvalue weighted by atomic mass is 9.96. The van der Waals surface area contributed by atoms with Gasteiger partial charge in [0.15, 0.2) is 11.6 Å². The molecule has 6 nitrogen and oxygen atoms in total. The quantitative estimate of drug-likeness (QED) is 0.262. The Kier molecular flexibility index (Phi) is 6.93. The van der Waals surface area contributed by atoms with Gasteiger partial charge in [0.05, 0.1) is 17.5 Å². The average molecular weight is 427 g/mol. The molecule has 0 aliphatic heterocycles. The van der Waals surface area contributed by atoms with E-state index in [1.165, 1.54) is 28.7 Å². The maximum Gasteiger partial charge on any atom is 0.232 e. The Morgan fingerprint density at radius 3 is 2.32 bits per heavy atom. The van der Waals surface area contributed by atoms with Crippen LogP contribution in [0.1, 0.15) is 37.0 Å². The molecule has 0 atom stereocenters. The van der Waals surface area contributed by atoms with E-state index in [0.717, 1.165) is 19.1 Å². The van der Waals surface area contributed by atoms with Crippen LogP contribution < -0.4 is 4.31 Å². The fourth-order valence-electron chi connectivity index (χ4n) is 2.85. The largest absolute Gasteiger partial charge is 0.383 e.